The fraction of sp³-hybridized carbons (Fsp3) is 0.522. The number of halogens is 3. The number of nitrogens with one attached hydrogen (secondary N) is 3. The minimum atomic E-state index is -1.28. The zero-order chi connectivity index (χ0) is 25.7. The van der Waals surface area contributed by atoms with Gasteiger partial charge in [-0.05, 0) is 30.5 Å². The molecule has 0 saturated heterocycles. The molecule has 9 nitrogen and oxygen atoms in total. The summed E-state index contributed by atoms with van der Waals surface area (Å²) in [6.07, 6.45) is 0.503. The number of fused-ring (bicyclic) bond motifs is 1. The highest BCUT2D eigenvalue weighted by atomic mass is 35.5. The number of hydrogen-bond acceptors (Lipinski definition) is 5. The van der Waals surface area contributed by atoms with Crippen LogP contribution in [0.3, 0.4) is 0 Å². The third kappa shape index (κ3) is 4.86. The lowest BCUT2D eigenvalue weighted by Crippen LogP contribution is -2.56. The van der Waals surface area contributed by atoms with Crippen molar-refractivity contribution in [1.82, 2.24) is 25.4 Å². The molecule has 2 heterocycles. The van der Waals surface area contributed by atoms with Crippen LogP contribution in [-0.4, -0.2) is 44.9 Å². The second-order valence-corrected chi connectivity index (χ2v) is 10.9. The number of carbonyl (C=O) groups excluding carboxylic acids is 2. The highest BCUT2D eigenvalue weighted by Gasteiger charge is 2.44. The van der Waals surface area contributed by atoms with E-state index in [9.17, 15) is 18.4 Å². The minimum Gasteiger partial charge on any atom is -0.335 e. The second-order valence-electron chi connectivity index (χ2n) is 10.5. The van der Waals surface area contributed by atoms with Gasteiger partial charge < -0.3 is 10.2 Å². The molecule has 3 amide bonds. The summed E-state index contributed by atoms with van der Waals surface area (Å²) >= 11 is 5.99. The molecule has 2 aromatic rings. The fourth-order valence-corrected chi connectivity index (χ4v) is 4.91. The Balaban J connectivity index is 1.77. The quantitative estimate of drug-likeness (QED) is 0.398. The summed E-state index contributed by atoms with van der Waals surface area (Å²) in [6.45, 7) is 7.88. The maximum atomic E-state index is 13.9. The van der Waals surface area contributed by atoms with Crippen molar-refractivity contribution in [2.45, 2.75) is 64.8 Å². The first kappa shape index (κ1) is 25.0. The third-order valence-electron chi connectivity index (χ3n) is 6.57. The number of carbonyl (C=O) groups is 2. The van der Waals surface area contributed by atoms with Crippen LogP contribution in [0.5, 0.6) is 0 Å². The zero-order valence-corrected chi connectivity index (χ0v) is 20.7. The van der Waals surface area contributed by atoms with Crippen molar-refractivity contribution < 1.29 is 18.4 Å². The van der Waals surface area contributed by atoms with E-state index in [1.165, 1.54) is 25.1 Å². The lowest BCUT2D eigenvalue weighted by molar-refractivity contribution is 0.0465. The molecule has 3 N–H and O–H groups in total. The number of nitrogens with zero attached hydrogens (tertiary/aromatic N) is 4. The van der Waals surface area contributed by atoms with Crippen molar-refractivity contribution >= 4 is 23.5 Å². The SMILES string of the molecule is CC1(F)CC(NC(=O)N2Cc3c(C(=O)NN=N)c(-c4ccc(F)c(Cl)c4)nn3C(C(C)(C)C)C2)C1. The minimum absolute atomic E-state index is 0.0563. The maximum absolute atomic E-state index is 13.9. The maximum Gasteiger partial charge on any atom is 0.318 e. The first-order valence-corrected chi connectivity index (χ1v) is 11.7. The predicted octanol–water partition coefficient (Wildman–Crippen LogP) is 5.02. The van der Waals surface area contributed by atoms with E-state index in [0.29, 0.717) is 17.8 Å². The topological polar surface area (TPSA) is 115 Å². The monoisotopic (exact) mass is 507 g/mol. The van der Waals surface area contributed by atoms with Gasteiger partial charge in [0.1, 0.15) is 17.2 Å². The Morgan fingerprint density at radius 3 is 2.57 bits per heavy atom. The number of rotatable bonds is 4. The standard InChI is InChI=1S/C23H28ClF2N7O2/c1-22(2,3)17-11-32(21(35)28-13-8-23(4,26)9-13)10-16-18(20(34)29-31-27)19(30-33(16)17)12-5-6-15(25)14(24)7-12/h5-7,13,17H,8-11H2,1-4H3,(H,28,35)(H2,27,29,34). The fourth-order valence-electron chi connectivity index (χ4n) is 4.73. The van der Waals surface area contributed by atoms with Gasteiger partial charge >= 0.3 is 6.03 Å². The molecule has 1 aliphatic heterocycles. The van der Waals surface area contributed by atoms with Gasteiger partial charge in [-0.1, -0.05) is 37.6 Å². The van der Waals surface area contributed by atoms with Crippen molar-refractivity contribution in [3.63, 3.8) is 0 Å². The van der Waals surface area contributed by atoms with Gasteiger partial charge in [0.05, 0.1) is 28.9 Å². The van der Waals surface area contributed by atoms with Gasteiger partial charge in [-0.2, -0.15) is 10.6 Å². The van der Waals surface area contributed by atoms with Crippen LogP contribution in [0.15, 0.2) is 23.4 Å². The molecule has 1 saturated carbocycles. The Bertz CT molecular complexity index is 1180. The summed E-state index contributed by atoms with van der Waals surface area (Å²) in [5, 5.41) is 10.5. The molecule has 1 atom stereocenters. The molecule has 2 aliphatic rings. The van der Waals surface area contributed by atoms with E-state index in [-0.39, 0.29) is 59.2 Å². The molecule has 35 heavy (non-hydrogen) atoms. The van der Waals surface area contributed by atoms with E-state index < -0.39 is 17.4 Å². The van der Waals surface area contributed by atoms with Crippen LogP contribution >= 0.6 is 11.6 Å². The summed E-state index contributed by atoms with van der Waals surface area (Å²) in [4.78, 5) is 27.7. The first-order valence-electron chi connectivity index (χ1n) is 11.3. The van der Waals surface area contributed by atoms with Crippen molar-refractivity contribution in [2.75, 3.05) is 6.54 Å². The Kier molecular flexibility index (Phi) is 6.33. The van der Waals surface area contributed by atoms with Crippen LogP contribution in [0.2, 0.25) is 5.02 Å². The molecule has 0 spiro atoms. The van der Waals surface area contributed by atoms with Crippen molar-refractivity contribution in [3.05, 3.63) is 40.3 Å². The Labute approximate surface area is 206 Å². The molecule has 1 aliphatic carbocycles. The number of urea groups is 1. The number of hydrogen-bond donors (Lipinski definition) is 3. The zero-order valence-electron chi connectivity index (χ0n) is 20.0. The van der Waals surface area contributed by atoms with Gasteiger partial charge in [-0.15, -0.1) is 0 Å². The molecular weight excluding hydrogens is 480 g/mol. The number of amides is 3. The smallest absolute Gasteiger partial charge is 0.318 e. The highest BCUT2D eigenvalue weighted by molar-refractivity contribution is 6.31. The molecule has 1 aromatic carbocycles. The molecule has 188 valence electrons. The van der Waals surface area contributed by atoms with Crippen LogP contribution in [0.1, 0.15) is 62.6 Å². The van der Waals surface area contributed by atoms with Crippen molar-refractivity contribution in [2.24, 2.45) is 10.6 Å². The van der Waals surface area contributed by atoms with Gasteiger partial charge in [-0.25, -0.2) is 19.0 Å². The average molecular weight is 508 g/mol. The van der Waals surface area contributed by atoms with Crippen LogP contribution in [0.25, 0.3) is 11.3 Å². The van der Waals surface area contributed by atoms with Gasteiger partial charge in [0, 0.05) is 31.0 Å². The summed E-state index contributed by atoms with van der Waals surface area (Å²) in [7, 11) is 0. The van der Waals surface area contributed by atoms with Crippen LogP contribution in [0, 0.1) is 16.8 Å². The number of aromatic nitrogens is 2. The largest absolute Gasteiger partial charge is 0.335 e. The third-order valence-corrected chi connectivity index (χ3v) is 6.86. The normalized spacial score (nSPS) is 23.8. The van der Waals surface area contributed by atoms with E-state index >= 15 is 0 Å². The average Bonchev–Trinajstić information content (AvgIpc) is 3.12. The number of benzene rings is 1. The second kappa shape index (κ2) is 8.85. The van der Waals surface area contributed by atoms with E-state index in [1.54, 1.807) is 9.58 Å². The Hall–Kier alpha value is -3.08. The van der Waals surface area contributed by atoms with E-state index in [2.05, 4.69) is 16.0 Å². The molecule has 1 aromatic heterocycles. The van der Waals surface area contributed by atoms with Gasteiger partial charge in [0.15, 0.2) is 0 Å². The van der Waals surface area contributed by atoms with Gasteiger partial charge in [-0.3, -0.25) is 9.48 Å². The molecule has 1 fully saturated rings. The summed E-state index contributed by atoms with van der Waals surface area (Å²) in [6, 6.07) is 3.11. The van der Waals surface area contributed by atoms with Crippen LogP contribution in [0.4, 0.5) is 13.6 Å². The molecule has 12 heteroatoms. The lowest BCUT2D eigenvalue weighted by Gasteiger charge is -2.43. The summed E-state index contributed by atoms with van der Waals surface area (Å²) in [5.41, 5.74) is 8.80. The van der Waals surface area contributed by atoms with Gasteiger partial charge in [0.25, 0.3) is 5.91 Å². The molecule has 4 rings (SSSR count). The van der Waals surface area contributed by atoms with Gasteiger partial charge in [0.2, 0.25) is 0 Å². The highest BCUT2D eigenvalue weighted by Crippen LogP contribution is 2.40. The Morgan fingerprint density at radius 2 is 2.00 bits per heavy atom. The van der Waals surface area contributed by atoms with E-state index in [1.807, 2.05) is 20.8 Å². The first-order chi connectivity index (χ1) is 16.3. The molecule has 0 bridgehead atoms. The summed E-state index contributed by atoms with van der Waals surface area (Å²) in [5.74, 6) is -1.29. The lowest BCUT2D eigenvalue weighted by atomic mass is 9.79. The molecule has 0 radical (unpaired) electrons. The molecule has 1 unspecified atom stereocenters. The van der Waals surface area contributed by atoms with Crippen LogP contribution in [-0.2, 0) is 6.54 Å². The Morgan fingerprint density at radius 1 is 1.31 bits per heavy atom. The van der Waals surface area contributed by atoms with E-state index in [4.69, 9.17) is 22.2 Å². The van der Waals surface area contributed by atoms with E-state index in [0.717, 1.165) is 0 Å². The molecular formula is C23H28ClF2N7O2. The summed E-state index contributed by atoms with van der Waals surface area (Å²) < 4.78 is 29.5. The van der Waals surface area contributed by atoms with Crippen LogP contribution < -0.4 is 10.7 Å². The van der Waals surface area contributed by atoms with Crippen molar-refractivity contribution in [1.29, 1.82) is 5.53 Å². The van der Waals surface area contributed by atoms with Crippen molar-refractivity contribution in [3.8, 4) is 11.3 Å². The number of alkyl halides is 1. The predicted molar refractivity (Wildman–Crippen MR) is 125 cm³/mol.